The van der Waals surface area contributed by atoms with Gasteiger partial charge < -0.3 is 5.11 Å². The molecule has 4 heteroatoms. The summed E-state index contributed by atoms with van der Waals surface area (Å²) in [6.07, 6.45) is -4.75. The highest BCUT2D eigenvalue weighted by molar-refractivity contribution is 6.03. The minimum absolute atomic E-state index is 0.0938. The normalized spacial score (nSPS) is 15.3. The lowest BCUT2D eigenvalue weighted by Crippen LogP contribution is -2.39. The van der Waals surface area contributed by atoms with Crippen molar-refractivity contribution in [3.05, 3.63) is 60.2 Å². The molecule has 0 spiro atoms. The molecule has 0 aromatic heterocycles. The number of alkyl halides is 3. The van der Waals surface area contributed by atoms with E-state index in [1.54, 1.807) is 48.5 Å². The smallest absolute Gasteiger partial charge is 0.376 e. The van der Waals surface area contributed by atoms with E-state index in [4.69, 9.17) is 0 Å². The van der Waals surface area contributed by atoms with Crippen molar-refractivity contribution in [2.75, 3.05) is 0 Å². The molecule has 0 amide bonds. The Labute approximate surface area is 119 Å². The van der Waals surface area contributed by atoms with Gasteiger partial charge in [-0.15, -0.1) is 0 Å². The van der Waals surface area contributed by atoms with Crippen molar-refractivity contribution < 1.29 is 18.3 Å². The first-order chi connectivity index (χ1) is 9.82. The lowest BCUT2D eigenvalue weighted by atomic mass is 9.86. The topological polar surface area (TPSA) is 20.2 Å². The molecular formula is C17H13F3O. The average molecular weight is 290 g/mol. The Balaban J connectivity index is 2.52. The first-order valence-corrected chi connectivity index (χ1v) is 6.52. The molecule has 0 radical (unpaired) electrons. The number of benzene rings is 3. The Hall–Kier alpha value is -2.07. The van der Waals surface area contributed by atoms with E-state index in [2.05, 4.69) is 0 Å². The Bertz CT molecular complexity index is 765. The van der Waals surface area contributed by atoms with E-state index in [-0.39, 0.29) is 5.56 Å². The first kappa shape index (κ1) is 13.9. The van der Waals surface area contributed by atoms with Crippen LogP contribution in [-0.2, 0) is 5.60 Å². The molecule has 0 aliphatic heterocycles. The van der Waals surface area contributed by atoms with Crippen molar-refractivity contribution in [1.29, 1.82) is 0 Å². The molecule has 1 unspecified atom stereocenters. The van der Waals surface area contributed by atoms with Gasteiger partial charge in [-0.1, -0.05) is 48.5 Å². The van der Waals surface area contributed by atoms with E-state index in [1.807, 2.05) is 6.07 Å². The Morgan fingerprint density at radius 3 is 1.67 bits per heavy atom. The molecule has 3 rings (SSSR count). The van der Waals surface area contributed by atoms with Crippen molar-refractivity contribution >= 4 is 21.5 Å². The van der Waals surface area contributed by atoms with Gasteiger partial charge in [0.15, 0.2) is 5.60 Å². The highest BCUT2D eigenvalue weighted by Crippen LogP contribution is 2.44. The van der Waals surface area contributed by atoms with Crippen molar-refractivity contribution in [1.82, 2.24) is 0 Å². The molecule has 0 bridgehead atoms. The molecule has 3 aromatic carbocycles. The zero-order valence-corrected chi connectivity index (χ0v) is 11.3. The van der Waals surface area contributed by atoms with Crippen LogP contribution in [0.5, 0.6) is 0 Å². The van der Waals surface area contributed by atoms with Gasteiger partial charge in [0.1, 0.15) is 0 Å². The van der Waals surface area contributed by atoms with E-state index in [9.17, 15) is 18.3 Å². The van der Waals surface area contributed by atoms with E-state index >= 15 is 0 Å². The van der Waals surface area contributed by atoms with E-state index < -0.39 is 11.8 Å². The molecule has 0 saturated carbocycles. The van der Waals surface area contributed by atoms with Gasteiger partial charge in [0.05, 0.1) is 0 Å². The molecule has 3 aromatic rings. The standard InChI is InChI=1S/C17H13F3O/c1-16(21,17(18,19)20)15-13-8-4-2-6-11(13)10-12-7-3-5-9-14(12)15/h2-10,21H,1H3. The molecular weight excluding hydrogens is 277 g/mol. The van der Waals surface area contributed by atoms with Gasteiger partial charge in [-0.05, 0) is 34.5 Å². The molecule has 1 nitrogen and oxygen atoms in total. The Kier molecular flexibility index (Phi) is 2.95. The van der Waals surface area contributed by atoms with Gasteiger partial charge in [-0.3, -0.25) is 0 Å². The summed E-state index contributed by atoms with van der Waals surface area (Å²) in [4.78, 5) is 0. The van der Waals surface area contributed by atoms with Crippen molar-refractivity contribution in [2.24, 2.45) is 0 Å². The number of hydrogen-bond acceptors (Lipinski definition) is 1. The summed E-state index contributed by atoms with van der Waals surface area (Å²) in [7, 11) is 0. The summed E-state index contributed by atoms with van der Waals surface area (Å²) >= 11 is 0. The van der Waals surface area contributed by atoms with Crippen LogP contribution in [0.4, 0.5) is 13.2 Å². The van der Waals surface area contributed by atoms with Crippen LogP contribution in [0.2, 0.25) is 0 Å². The van der Waals surface area contributed by atoms with Crippen LogP contribution >= 0.6 is 0 Å². The Morgan fingerprint density at radius 2 is 1.24 bits per heavy atom. The third kappa shape index (κ3) is 2.07. The molecule has 0 aliphatic rings. The quantitative estimate of drug-likeness (QED) is 0.640. The van der Waals surface area contributed by atoms with Gasteiger partial charge in [-0.2, -0.15) is 13.2 Å². The van der Waals surface area contributed by atoms with E-state index in [1.165, 1.54) is 0 Å². The molecule has 108 valence electrons. The average Bonchev–Trinajstić information content (AvgIpc) is 2.43. The summed E-state index contributed by atoms with van der Waals surface area (Å²) in [6, 6.07) is 15.4. The summed E-state index contributed by atoms with van der Waals surface area (Å²) in [6.45, 7) is 0.807. The van der Waals surface area contributed by atoms with Gasteiger partial charge >= 0.3 is 6.18 Å². The molecule has 21 heavy (non-hydrogen) atoms. The summed E-state index contributed by atoms with van der Waals surface area (Å²) < 4.78 is 40.0. The second-order valence-corrected chi connectivity index (χ2v) is 5.26. The van der Waals surface area contributed by atoms with Crippen LogP contribution in [0, 0.1) is 0 Å². The zero-order valence-electron chi connectivity index (χ0n) is 11.3. The van der Waals surface area contributed by atoms with Gasteiger partial charge in [0.2, 0.25) is 0 Å². The molecule has 0 saturated heterocycles. The predicted octanol–water partition coefficient (Wildman–Crippen LogP) is 4.76. The Morgan fingerprint density at radius 1 is 0.810 bits per heavy atom. The fraction of sp³-hybridized carbons (Fsp3) is 0.176. The highest BCUT2D eigenvalue weighted by Gasteiger charge is 2.52. The lowest BCUT2D eigenvalue weighted by molar-refractivity contribution is -0.257. The maximum absolute atomic E-state index is 13.3. The summed E-state index contributed by atoms with van der Waals surface area (Å²) in [5.74, 6) is 0. The minimum atomic E-state index is -4.75. The third-order valence-electron chi connectivity index (χ3n) is 3.81. The van der Waals surface area contributed by atoms with Crippen LogP contribution in [-0.4, -0.2) is 11.3 Å². The van der Waals surface area contributed by atoms with Crippen molar-refractivity contribution in [2.45, 2.75) is 18.7 Å². The van der Waals surface area contributed by atoms with Crippen LogP contribution in [0.1, 0.15) is 12.5 Å². The third-order valence-corrected chi connectivity index (χ3v) is 3.81. The van der Waals surface area contributed by atoms with E-state index in [0.29, 0.717) is 21.5 Å². The van der Waals surface area contributed by atoms with Crippen LogP contribution in [0.3, 0.4) is 0 Å². The number of hydrogen-bond donors (Lipinski definition) is 1. The first-order valence-electron chi connectivity index (χ1n) is 6.52. The predicted molar refractivity (Wildman–Crippen MR) is 77.1 cm³/mol. The second kappa shape index (κ2) is 4.46. The van der Waals surface area contributed by atoms with Crippen LogP contribution < -0.4 is 0 Å². The summed E-state index contributed by atoms with van der Waals surface area (Å²) in [5.41, 5.74) is -3.00. The second-order valence-electron chi connectivity index (χ2n) is 5.26. The number of halogens is 3. The fourth-order valence-corrected chi connectivity index (χ4v) is 2.68. The minimum Gasteiger partial charge on any atom is -0.376 e. The molecule has 1 atom stereocenters. The van der Waals surface area contributed by atoms with Crippen LogP contribution in [0.25, 0.3) is 21.5 Å². The molecule has 0 heterocycles. The van der Waals surface area contributed by atoms with Gasteiger partial charge in [0.25, 0.3) is 0 Å². The zero-order chi connectivity index (χ0) is 15.3. The highest BCUT2D eigenvalue weighted by atomic mass is 19.4. The monoisotopic (exact) mass is 290 g/mol. The van der Waals surface area contributed by atoms with Crippen LogP contribution in [0.15, 0.2) is 54.6 Å². The maximum atomic E-state index is 13.3. The largest absolute Gasteiger partial charge is 0.421 e. The maximum Gasteiger partial charge on any atom is 0.421 e. The fourth-order valence-electron chi connectivity index (χ4n) is 2.68. The number of aliphatic hydroxyl groups is 1. The lowest BCUT2D eigenvalue weighted by Gasteiger charge is -2.29. The SMILES string of the molecule is CC(O)(c1c2ccccc2cc2ccccc12)C(F)(F)F. The van der Waals surface area contributed by atoms with Gasteiger partial charge in [0, 0.05) is 5.56 Å². The van der Waals surface area contributed by atoms with E-state index in [0.717, 1.165) is 6.92 Å². The van der Waals surface area contributed by atoms with Gasteiger partial charge in [-0.25, -0.2) is 0 Å². The molecule has 1 N–H and O–H groups in total. The number of rotatable bonds is 1. The molecule has 0 fully saturated rings. The van der Waals surface area contributed by atoms with Crippen molar-refractivity contribution in [3.63, 3.8) is 0 Å². The number of fused-ring (bicyclic) bond motifs is 2. The summed E-state index contributed by atoms with van der Waals surface area (Å²) in [5, 5.41) is 12.4. The van der Waals surface area contributed by atoms with Crippen molar-refractivity contribution in [3.8, 4) is 0 Å². The molecule has 0 aliphatic carbocycles.